The van der Waals surface area contributed by atoms with Gasteiger partial charge in [-0.15, -0.1) is 21.5 Å². The fourth-order valence-corrected chi connectivity index (χ4v) is 3.52. The summed E-state index contributed by atoms with van der Waals surface area (Å²) in [7, 11) is 0. The molecule has 27 heavy (non-hydrogen) atoms. The highest BCUT2D eigenvalue weighted by atomic mass is 32.1. The second-order valence-electron chi connectivity index (χ2n) is 5.67. The maximum Gasteiger partial charge on any atom is 0.328 e. The average molecular weight is 384 g/mol. The van der Waals surface area contributed by atoms with Crippen LogP contribution in [0.3, 0.4) is 0 Å². The molecule has 0 saturated carbocycles. The highest BCUT2D eigenvalue weighted by Crippen LogP contribution is 2.32. The fourth-order valence-electron chi connectivity index (χ4n) is 2.43. The summed E-state index contributed by atoms with van der Waals surface area (Å²) in [5.74, 6) is -1.57. The molecular weight excluding hydrogens is 368 g/mol. The van der Waals surface area contributed by atoms with Gasteiger partial charge in [0.15, 0.2) is 0 Å². The third kappa shape index (κ3) is 5.08. The van der Waals surface area contributed by atoms with Crippen molar-refractivity contribution in [3.63, 3.8) is 0 Å². The molecule has 0 unspecified atom stereocenters. The molecule has 0 atom stereocenters. The second-order valence-corrected chi connectivity index (χ2v) is 6.84. The Morgan fingerprint density at radius 1 is 1.19 bits per heavy atom. The molecule has 8 nitrogen and oxygen atoms in total. The number of tetrazole rings is 1. The van der Waals surface area contributed by atoms with Crippen LogP contribution < -0.4 is 0 Å². The first kappa shape index (κ1) is 18.5. The Balaban J connectivity index is 1.92. The van der Waals surface area contributed by atoms with Crippen molar-refractivity contribution < 1.29 is 19.8 Å². The van der Waals surface area contributed by atoms with Crippen molar-refractivity contribution in [2.75, 3.05) is 0 Å². The first-order valence-corrected chi connectivity index (χ1v) is 8.90. The van der Waals surface area contributed by atoms with Crippen LogP contribution in [0.5, 0.6) is 0 Å². The molecule has 0 saturated heterocycles. The van der Waals surface area contributed by atoms with Gasteiger partial charge in [-0.1, -0.05) is 30.3 Å². The van der Waals surface area contributed by atoms with Crippen LogP contribution in [0.2, 0.25) is 0 Å². The number of aromatic nitrogens is 4. The molecule has 0 aliphatic rings. The van der Waals surface area contributed by atoms with Crippen LogP contribution >= 0.6 is 11.3 Å². The lowest BCUT2D eigenvalue weighted by Crippen LogP contribution is -2.07. The minimum atomic E-state index is -1.02. The van der Waals surface area contributed by atoms with E-state index in [1.165, 1.54) is 22.2 Å². The van der Waals surface area contributed by atoms with E-state index in [0.717, 1.165) is 27.0 Å². The van der Waals surface area contributed by atoms with Crippen molar-refractivity contribution in [2.24, 2.45) is 0 Å². The Bertz CT molecular complexity index is 978. The van der Waals surface area contributed by atoms with E-state index in [4.69, 9.17) is 10.2 Å². The highest BCUT2D eigenvalue weighted by Gasteiger charge is 2.16. The molecule has 138 valence electrons. The van der Waals surface area contributed by atoms with E-state index in [-0.39, 0.29) is 13.0 Å². The molecular formula is C18H16N4O4S. The van der Waals surface area contributed by atoms with Gasteiger partial charge in [-0.3, -0.25) is 4.79 Å². The topological polar surface area (TPSA) is 118 Å². The van der Waals surface area contributed by atoms with E-state index in [1.54, 1.807) is 0 Å². The monoisotopic (exact) mass is 384 g/mol. The number of carboxylic acids is 2. The molecule has 0 amide bonds. The molecule has 0 spiro atoms. The molecule has 0 radical (unpaired) electrons. The molecule has 3 rings (SSSR count). The number of aryl methyl sites for hydroxylation is 1. The summed E-state index contributed by atoms with van der Waals surface area (Å²) in [5.41, 5.74) is 1.86. The number of carbonyl (C=O) groups is 2. The summed E-state index contributed by atoms with van der Waals surface area (Å²) >= 11 is 1.46. The van der Waals surface area contributed by atoms with Gasteiger partial charge >= 0.3 is 11.9 Å². The highest BCUT2D eigenvalue weighted by molar-refractivity contribution is 7.13. The molecule has 0 aliphatic heterocycles. The number of aliphatic carboxylic acids is 2. The summed E-state index contributed by atoms with van der Waals surface area (Å²) in [6, 6.07) is 11.7. The van der Waals surface area contributed by atoms with E-state index >= 15 is 0 Å². The average Bonchev–Trinajstić information content (AvgIpc) is 3.26. The largest absolute Gasteiger partial charge is 0.481 e. The predicted octanol–water partition coefficient (Wildman–Crippen LogP) is 2.56. The molecule has 9 heteroatoms. The number of nitrogens with zero attached hydrogens (tertiary/aromatic N) is 4. The quantitative estimate of drug-likeness (QED) is 0.573. The van der Waals surface area contributed by atoms with Crippen molar-refractivity contribution in [1.29, 1.82) is 0 Å². The minimum absolute atomic E-state index is 0.0943. The van der Waals surface area contributed by atoms with Gasteiger partial charge < -0.3 is 10.2 Å². The standard InChI is InChI=1S/C18H16N4O4S/c23-16(24)7-6-13-11-14(15(27-13)10-12-4-2-1-3-5-12)18-19-21-22(20-18)9-8-17(25)26/h1-7,11H,8-10H2,(H,23,24)(H,25,26). The zero-order valence-corrected chi connectivity index (χ0v) is 15.0. The van der Waals surface area contributed by atoms with Crippen molar-refractivity contribution >= 4 is 29.4 Å². The van der Waals surface area contributed by atoms with E-state index in [9.17, 15) is 9.59 Å². The number of hydrogen-bond donors (Lipinski definition) is 2. The molecule has 2 heterocycles. The van der Waals surface area contributed by atoms with E-state index in [2.05, 4.69) is 15.4 Å². The van der Waals surface area contributed by atoms with Crippen LogP contribution in [0.25, 0.3) is 17.5 Å². The van der Waals surface area contributed by atoms with Gasteiger partial charge in [0.1, 0.15) is 0 Å². The first-order valence-electron chi connectivity index (χ1n) is 8.09. The zero-order chi connectivity index (χ0) is 19.2. The van der Waals surface area contributed by atoms with E-state index < -0.39 is 11.9 Å². The van der Waals surface area contributed by atoms with Gasteiger partial charge in [0.25, 0.3) is 0 Å². The molecule has 0 fully saturated rings. The SMILES string of the molecule is O=C(O)C=Cc1cc(-c2nnn(CCC(=O)O)n2)c(Cc2ccccc2)s1. The van der Waals surface area contributed by atoms with Crippen LogP contribution in [0, 0.1) is 0 Å². The fraction of sp³-hybridized carbons (Fsp3) is 0.167. The third-order valence-electron chi connectivity index (χ3n) is 3.65. The molecule has 0 aliphatic carbocycles. The Kier molecular flexibility index (Phi) is 5.72. The van der Waals surface area contributed by atoms with Gasteiger partial charge in [-0.05, 0) is 22.9 Å². The van der Waals surface area contributed by atoms with Crippen LogP contribution in [0.15, 0.2) is 42.5 Å². The van der Waals surface area contributed by atoms with Crippen molar-refractivity contribution in [3.05, 3.63) is 57.8 Å². The van der Waals surface area contributed by atoms with Gasteiger partial charge in [0.2, 0.25) is 5.82 Å². The lowest BCUT2D eigenvalue weighted by Gasteiger charge is -2.01. The maximum absolute atomic E-state index is 10.8. The number of carboxylic acid groups (broad SMARTS) is 2. The van der Waals surface area contributed by atoms with E-state index in [1.807, 2.05) is 36.4 Å². The zero-order valence-electron chi connectivity index (χ0n) is 14.1. The Morgan fingerprint density at radius 3 is 2.67 bits per heavy atom. The smallest absolute Gasteiger partial charge is 0.328 e. The Hall–Kier alpha value is -3.33. The second kappa shape index (κ2) is 8.37. The van der Waals surface area contributed by atoms with Gasteiger partial charge in [0.05, 0.1) is 13.0 Å². The van der Waals surface area contributed by atoms with Gasteiger partial charge in [-0.2, -0.15) is 4.80 Å². The summed E-state index contributed by atoms with van der Waals surface area (Å²) in [5, 5.41) is 29.8. The first-order chi connectivity index (χ1) is 13.0. The lowest BCUT2D eigenvalue weighted by molar-refractivity contribution is -0.137. The minimum Gasteiger partial charge on any atom is -0.481 e. The normalized spacial score (nSPS) is 11.1. The summed E-state index contributed by atoms with van der Waals surface area (Å²) in [6.07, 6.45) is 3.16. The van der Waals surface area contributed by atoms with Gasteiger partial charge in [0, 0.05) is 27.8 Å². The maximum atomic E-state index is 10.8. The molecule has 1 aromatic carbocycles. The summed E-state index contributed by atoms with van der Waals surface area (Å²) in [4.78, 5) is 24.5. The number of thiophene rings is 1. The van der Waals surface area contributed by atoms with Crippen molar-refractivity contribution in [1.82, 2.24) is 20.2 Å². The van der Waals surface area contributed by atoms with Crippen molar-refractivity contribution in [2.45, 2.75) is 19.4 Å². The molecule has 2 N–H and O–H groups in total. The van der Waals surface area contributed by atoms with E-state index in [0.29, 0.717) is 12.2 Å². The summed E-state index contributed by atoms with van der Waals surface area (Å²) < 4.78 is 0. The van der Waals surface area contributed by atoms with Crippen molar-refractivity contribution in [3.8, 4) is 11.4 Å². The third-order valence-corrected chi connectivity index (χ3v) is 4.75. The Morgan fingerprint density at radius 2 is 1.96 bits per heavy atom. The predicted molar refractivity (Wildman–Crippen MR) is 99.3 cm³/mol. The number of hydrogen-bond acceptors (Lipinski definition) is 6. The van der Waals surface area contributed by atoms with Crippen LogP contribution in [-0.2, 0) is 22.6 Å². The van der Waals surface area contributed by atoms with Crippen LogP contribution in [-0.4, -0.2) is 42.4 Å². The lowest BCUT2D eigenvalue weighted by atomic mass is 10.1. The number of benzene rings is 1. The van der Waals surface area contributed by atoms with Gasteiger partial charge in [-0.25, -0.2) is 4.79 Å². The molecule has 2 aromatic heterocycles. The van der Waals surface area contributed by atoms with Crippen LogP contribution in [0.1, 0.15) is 21.7 Å². The molecule has 0 bridgehead atoms. The molecule has 3 aromatic rings. The summed E-state index contributed by atoms with van der Waals surface area (Å²) in [6.45, 7) is 0.131. The van der Waals surface area contributed by atoms with Crippen LogP contribution in [0.4, 0.5) is 0 Å². The Labute approximate surface area is 158 Å². The number of rotatable bonds is 8.